The molecule has 0 saturated carbocycles. The summed E-state index contributed by atoms with van der Waals surface area (Å²) in [6, 6.07) is 5.12. The minimum Gasteiger partial charge on any atom is -0.396 e. The van der Waals surface area contributed by atoms with Crippen LogP contribution in [-0.4, -0.2) is 5.91 Å². The Morgan fingerprint density at radius 2 is 1.75 bits per heavy atom. The van der Waals surface area contributed by atoms with E-state index in [2.05, 4.69) is 21.2 Å². The first-order chi connectivity index (χ1) is 9.38. The van der Waals surface area contributed by atoms with Crippen LogP contribution in [0.25, 0.3) is 0 Å². The van der Waals surface area contributed by atoms with E-state index < -0.39 is 23.4 Å². The molecule has 0 heterocycles. The van der Waals surface area contributed by atoms with Crippen molar-refractivity contribution in [2.45, 2.75) is 0 Å². The Morgan fingerprint density at radius 1 is 1.05 bits per heavy atom. The van der Waals surface area contributed by atoms with E-state index in [-0.39, 0.29) is 21.4 Å². The van der Waals surface area contributed by atoms with Gasteiger partial charge in [-0.05, 0) is 40.2 Å². The highest BCUT2D eigenvalue weighted by Gasteiger charge is 2.13. The highest BCUT2D eigenvalue weighted by molar-refractivity contribution is 9.10. The smallest absolute Gasteiger partial charge is 0.255 e. The maximum absolute atomic E-state index is 13.5. The number of nitrogen functional groups attached to an aromatic ring is 1. The second-order valence-corrected chi connectivity index (χ2v) is 4.79. The molecule has 0 aliphatic rings. The largest absolute Gasteiger partial charge is 0.396 e. The fourth-order valence-electron chi connectivity index (χ4n) is 1.49. The molecule has 0 aromatic heterocycles. The van der Waals surface area contributed by atoms with Crippen LogP contribution in [0.4, 0.5) is 24.5 Å². The third kappa shape index (κ3) is 2.93. The molecule has 0 aliphatic heterocycles. The number of anilines is 2. The Labute approximate surface area is 120 Å². The van der Waals surface area contributed by atoms with Crippen molar-refractivity contribution in [1.29, 1.82) is 0 Å². The summed E-state index contributed by atoms with van der Waals surface area (Å²) in [5.74, 6) is -3.06. The molecule has 0 unspecified atom stereocenters. The number of hydrogen-bond acceptors (Lipinski definition) is 2. The summed E-state index contributed by atoms with van der Waals surface area (Å²) in [7, 11) is 0. The van der Waals surface area contributed by atoms with E-state index in [1.165, 1.54) is 12.1 Å². The standard InChI is InChI=1S/C13H8BrF3N2O/c14-7-3-6(1-2-8(7)15)13(20)19-12-5-11(18)9(16)4-10(12)17/h1-5H,18H2,(H,19,20). The molecule has 0 saturated heterocycles. The van der Waals surface area contributed by atoms with Crippen LogP contribution in [0.1, 0.15) is 10.4 Å². The molecule has 7 heteroatoms. The summed E-state index contributed by atoms with van der Waals surface area (Å²) in [6.07, 6.45) is 0. The van der Waals surface area contributed by atoms with Gasteiger partial charge in [-0.15, -0.1) is 0 Å². The average Bonchev–Trinajstić information content (AvgIpc) is 2.39. The number of carbonyl (C=O) groups is 1. The fraction of sp³-hybridized carbons (Fsp3) is 0. The van der Waals surface area contributed by atoms with Crippen LogP contribution in [-0.2, 0) is 0 Å². The molecule has 20 heavy (non-hydrogen) atoms. The van der Waals surface area contributed by atoms with E-state index in [0.29, 0.717) is 6.07 Å². The zero-order chi connectivity index (χ0) is 14.9. The number of benzene rings is 2. The number of nitrogens with one attached hydrogen (secondary N) is 1. The molecule has 0 radical (unpaired) electrons. The van der Waals surface area contributed by atoms with E-state index in [1.807, 2.05) is 0 Å². The average molecular weight is 345 g/mol. The van der Waals surface area contributed by atoms with Crippen molar-refractivity contribution in [3.8, 4) is 0 Å². The van der Waals surface area contributed by atoms with Crippen molar-refractivity contribution in [2.24, 2.45) is 0 Å². The van der Waals surface area contributed by atoms with E-state index in [0.717, 1.165) is 12.1 Å². The SMILES string of the molecule is Nc1cc(NC(=O)c2ccc(F)c(Br)c2)c(F)cc1F. The number of rotatable bonds is 2. The number of carbonyl (C=O) groups excluding carboxylic acids is 1. The molecule has 1 amide bonds. The Morgan fingerprint density at radius 3 is 2.40 bits per heavy atom. The molecule has 3 nitrogen and oxygen atoms in total. The zero-order valence-electron chi connectivity index (χ0n) is 9.88. The zero-order valence-corrected chi connectivity index (χ0v) is 11.5. The topological polar surface area (TPSA) is 55.1 Å². The van der Waals surface area contributed by atoms with E-state index in [4.69, 9.17) is 5.73 Å². The van der Waals surface area contributed by atoms with Gasteiger partial charge in [0, 0.05) is 11.6 Å². The van der Waals surface area contributed by atoms with Crippen molar-refractivity contribution < 1.29 is 18.0 Å². The van der Waals surface area contributed by atoms with Crippen LogP contribution >= 0.6 is 15.9 Å². The number of amides is 1. The lowest BCUT2D eigenvalue weighted by molar-refractivity contribution is 0.102. The molecule has 2 aromatic carbocycles. The van der Waals surface area contributed by atoms with Crippen molar-refractivity contribution in [3.05, 3.63) is 57.8 Å². The Balaban J connectivity index is 2.27. The molecule has 3 N–H and O–H groups in total. The Kier molecular flexibility index (Phi) is 3.99. The van der Waals surface area contributed by atoms with Crippen molar-refractivity contribution >= 4 is 33.2 Å². The van der Waals surface area contributed by atoms with Crippen LogP contribution < -0.4 is 11.1 Å². The summed E-state index contributed by atoms with van der Waals surface area (Å²) >= 11 is 2.94. The van der Waals surface area contributed by atoms with Gasteiger partial charge in [0.1, 0.15) is 17.5 Å². The lowest BCUT2D eigenvalue weighted by atomic mass is 10.2. The first kappa shape index (κ1) is 14.4. The van der Waals surface area contributed by atoms with E-state index in [9.17, 15) is 18.0 Å². The first-order valence-electron chi connectivity index (χ1n) is 5.39. The van der Waals surface area contributed by atoms with Crippen molar-refractivity contribution in [1.82, 2.24) is 0 Å². The highest BCUT2D eigenvalue weighted by Crippen LogP contribution is 2.22. The van der Waals surface area contributed by atoms with Crippen LogP contribution in [0.15, 0.2) is 34.8 Å². The molecule has 0 fully saturated rings. The van der Waals surface area contributed by atoms with Crippen LogP contribution in [0, 0.1) is 17.5 Å². The minimum atomic E-state index is -0.953. The van der Waals surface area contributed by atoms with Gasteiger partial charge in [-0.2, -0.15) is 0 Å². The maximum Gasteiger partial charge on any atom is 0.255 e. The molecular formula is C13H8BrF3N2O. The summed E-state index contributed by atoms with van der Waals surface area (Å²) in [5, 5.41) is 2.24. The number of hydrogen-bond donors (Lipinski definition) is 2. The molecular weight excluding hydrogens is 337 g/mol. The fourth-order valence-corrected chi connectivity index (χ4v) is 1.87. The van der Waals surface area contributed by atoms with Gasteiger partial charge >= 0.3 is 0 Å². The highest BCUT2D eigenvalue weighted by atomic mass is 79.9. The molecule has 0 aliphatic carbocycles. The molecule has 2 rings (SSSR count). The van der Waals surface area contributed by atoms with Gasteiger partial charge in [-0.3, -0.25) is 4.79 Å². The Hall–Kier alpha value is -2.02. The van der Waals surface area contributed by atoms with Gasteiger partial charge in [-0.1, -0.05) is 0 Å². The molecule has 0 spiro atoms. The van der Waals surface area contributed by atoms with Gasteiger partial charge in [0.15, 0.2) is 0 Å². The second kappa shape index (κ2) is 5.54. The second-order valence-electron chi connectivity index (χ2n) is 3.94. The minimum absolute atomic E-state index is 0.101. The summed E-state index contributed by atoms with van der Waals surface area (Å²) < 4.78 is 39.6. The maximum atomic E-state index is 13.5. The van der Waals surface area contributed by atoms with Crippen molar-refractivity contribution in [3.63, 3.8) is 0 Å². The first-order valence-corrected chi connectivity index (χ1v) is 6.18. The normalized spacial score (nSPS) is 10.4. The van der Waals surface area contributed by atoms with Crippen LogP contribution in [0.5, 0.6) is 0 Å². The monoisotopic (exact) mass is 344 g/mol. The summed E-state index contributed by atoms with van der Waals surface area (Å²) in [5.41, 5.74) is 4.86. The van der Waals surface area contributed by atoms with E-state index in [1.54, 1.807) is 0 Å². The predicted octanol–water partition coefficient (Wildman–Crippen LogP) is 3.70. The molecule has 104 valence electrons. The number of nitrogens with two attached hydrogens (primary N) is 1. The van der Waals surface area contributed by atoms with Gasteiger partial charge in [0.2, 0.25) is 0 Å². The van der Waals surface area contributed by atoms with Crippen LogP contribution in [0.2, 0.25) is 0 Å². The van der Waals surface area contributed by atoms with Crippen LogP contribution in [0.3, 0.4) is 0 Å². The van der Waals surface area contributed by atoms with E-state index >= 15 is 0 Å². The van der Waals surface area contributed by atoms with Crippen molar-refractivity contribution in [2.75, 3.05) is 11.1 Å². The molecule has 2 aromatic rings. The quantitative estimate of drug-likeness (QED) is 0.816. The predicted molar refractivity (Wildman–Crippen MR) is 72.8 cm³/mol. The van der Waals surface area contributed by atoms with Gasteiger partial charge < -0.3 is 11.1 Å². The number of halogens is 4. The summed E-state index contributed by atoms with van der Waals surface area (Å²) in [6.45, 7) is 0. The third-order valence-electron chi connectivity index (χ3n) is 2.52. The Bertz CT molecular complexity index is 692. The lowest BCUT2D eigenvalue weighted by Gasteiger charge is -2.08. The van der Waals surface area contributed by atoms with Gasteiger partial charge in [0.05, 0.1) is 15.8 Å². The third-order valence-corrected chi connectivity index (χ3v) is 3.12. The summed E-state index contributed by atoms with van der Waals surface area (Å²) in [4.78, 5) is 11.9. The lowest BCUT2D eigenvalue weighted by Crippen LogP contribution is -2.13. The van der Waals surface area contributed by atoms with Gasteiger partial charge in [0.25, 0.3) is 5.91 Å². The molecule has 0 atom stereocenters. The molecule has 0 bridgehead atoms. The van der Waals surface area contributed by atoms with Gasteiger partial charge in [-0.25, -0.2) is 13.2 Å².